The van der Waals surface area contributed by atoms with Crippen molar-refractivity contribution in [3.05, 3.63) is 311 Å². The van der Waals surface area contributed by atoms with Gasteiger partial charge in [0.1, 0.15) is 0 Å². The lowest BCUT2D eigenvalue weighted by Crippen LogP contribution is -2.15. The van der Waals surface area contributed by atoms with Crippen molar-refractivity contribution in [2.24, 2.45) is 0 Å². The lowest BCUT2D eigenvalue weighted by atomic mass is 9.80. The van der Waals surface area contributed by atoms with E-state index in [2.05, 4.69) is 328 Å². The number of hydrogen-bond donors (Lipinski definition) is 0. The lowest BCUT2D eigenvalue weighted by Gasteiger charge is -2.23. The zero-order valence-corrected chi connectivity index (χ0v) is 47.6. The average Bonchev–Trinajstić information content (AvgIpc) is 2.75. The predicted octanol–water partition coefficient (Wildman–Crippen LogP) is 21.8. The smallest absolute Gasteiger partial charge is 0.0541 e. The molecule has 2 heteroatoms. The normalized spacial score (nSPS) is 13.8. The van der Waals surface area contributed by atoms with Crippen LogP contribution < -0.4 is 0 Å². The molecule has 2 aliphatic carbocycles. The van der Waals surface area contributed by atoms with Gasteiger partial charge in [-0.05, 0) is 173 Å². The largest absolute Gasteiger partial charge is 0.309 e. The highest BCUT2D eigenvalue weighted by atomic mass is 15.0. The zero-order valence-electron chi connectivity index (χ0n) is 47.6. The quantitative estimate of drug-likeness (QED) is 0.128. The summed E-state index contributed by atoms with van der Waals surface area (Å²) in [5.41, 5.74) is 29.9. The maximum absolute atomic E-state index is 2.46. The molecule has 2 heterocycles. The number of hydrogen-bond acceptors (Lipinski definition) is 0. The fourth-order valence-corrected chi connectivity index (χ4v) is 14.1. The molecule has 398 valence electrons. The molecule has 0 N–H and O–H groups in total. The Hall–Kier alpha value is -10.3. The van der Waals surface area contributed by atoms with Crippen molar-refractivity contribution in [1.82, 2.24) is 9.13 Å². The summed E-state index contributed by atoms with van der Waals surface area (Å²) in [6.07, 6.45) is 9.02. The average molecular weight is 1070 g/mol. The first-order valence-corrected chi connectivity index (χ1v) is 29.5. The van der Waals surface area contributed by atoms with Gasteiger partial charge in [0.2, 0.25) is 0 Å². The van der Waals surface area contributed by atoms with Crippen molar-refractivity contribution < 1.29 is 0 Å². The first-order valence-electron chi connectivity index (χ1n) is 29.5. The van der Waals surface area contributed by atoms with Crippen LogP contribution in [0.5, 0.6) is 0 Å². The molecule has 2 aliphatic rings. The van der Waals surface area contributed by atoms with Crippen LogP contribution in [-0.4, -0.2) is 9.13 Å². The monoisotopic (exact) mass is 1070 g/mol. The van der Waals surface area contributed by atoms with E-state index in [4.69, 9.17) is 0 Å². The first-order chi connectivity index (χ1) is 41.1. The van der Waals surface area contributed by atoms with Crippen LogP contribution in [-0.2, 0) is 10.8 Å². The molecule has 12 aromatic carbocycles. The maximum Gasteiger partial charge on any atom is 0.0541 e. The van der Waals surface area contributed by atoms with E-state index in [0.29, 0.717) is 0 Å². The summed E-state index contributed by atoms with van der Waals surface area (Å²) >= 11 is 0. The molecule has 0 amide bonds. The molecule has 14 aromatic rings. The molecule has 2 nitrogen and oxygen atoms in total. The molecule has 0 fully saturated rings. The number of aromatic nitrogens is 2. The van der Waals surface area contributed by atoms with Crippen LogP contribution in [0.1, 0.15) is 72.2 Å². The minimum Gasteiger partial charge on any atom is -0.309 e. The highest BCUT2D eigenvalue weighted by Gasteiger charge is 2.38. The summed E-state index contributed by atoms with van der Waals surface area (Å²) in [6.45, 7) is 9.56. The summed E-state index contributed by atoms with van der Waals surface area (Å²) in [5, 5.41) is 5.06. The maximum atomic E-state index is 2.46. The molecule has 2 aromatic heterocycles. The van der Waals surface area contributed by atoms with Gasteiger partial charge in [0.15, 0.2) is 0 Å². The van der Waals surface area contributed by atoms with Crippen molar-refractivity contribution >= 4 is 67.9 Å². The van der Waals surface area contributed by atoms with E-state index < -0.39 is 0 Å². The molecule has 0 bridgehead atoms. The van der Waals surface area contributed by atoms with Gasteiger partial charge in [0, 0.05) is 43.7 Å². The number of nitrogens with zero attached hydrogens (tertiary/aromatic N) is 2. The van der Waals surface area contributed by atoms with Crippen molar-refractivity contribution in [2.45, 2.75) is 38.5 Å². The second-order valence-corrected chi connectivity index (χ2v) is 24.1. The van der Waals surface area contributed by atoms with Crippen LogP contribution in [0.2, 0.25) is 0 Å². The van der Waals surface area contributed by atoms with E-state index in [9.17, 15) is 0 Å². The number of fused-ring (bicyclic) bond motifs is 12. The fourth-order valence-electron chi connectivity index (χ4n) is 14.1. The molecular formula is C82H60N2. The topological polar surface area (TPSA) is 9.86 Å². The predicted molar refractivity (Wildman–Crippen MR) is 357 cm³/mol. The van der Waals surface area contributed by atoms with Crippen LogP contribution in [0.4, 0.5) is 0 Å². The number of para-hydroxylation sites is 4. The van der Waals surface area contributed by atoms with Crippen LogP contribution in [0, 0.1) is 0 Å². The summed E-state index contributed by atoms with van der Waals surface area (Å²) in [5.74, 6) is 0. The van der Waals surface area contributed by atoms with Gasteiger partial charge < -0.3 is 9.13 Å². The summed E-state index contributed by atoms with van der Waals surface area (Å²) in [6, 6.07) is 98.8. The Morgan fingerprint density at radius 3 is 0.952 bits per heavy atom. The Morgan fingerprint density at radius 1 is 0.238 bits per heavy atom. The fraction of sp³-hybridized carbons (Fsp3) is 0.0732. The van der Waals surface area contributed by atoms with E-state index in [1.165, 1.54) is 155 Å². The third-order valence-electron chi connectivity index (χ3n) is 18.5. The Balaban J connectivity index is 0.611. The van der Waals surface area contributed by atoms with E-state index in [-0.39, 0.29) is 10.8 Å². The van der Waals surface area contributed by atoms with Crippen molar-refractivity contribution in [3.8, 4) is 67.0 Å². The second-order valence-electron chi connectivity index (χ2n) is 24.1. The van der Waals surface area contributed by atoms with E-state index in [0.717, 1.165) is 0 Å². The molecule has 0 unspecified atom stereocenters. The van der Waals surface area contributed by atoms with Gasteiger partial charge in [-0.3, -0.25) is 0 Å². The van der Waals surface area contributed by atoms with Gasteiger partial charge in [-0.1, -0.05) is 246 Å². The zero-order chi connectivity index (χ0) is 56.3. The van der Waals surface area contributed by atoms with Gasteiger partial charge in [-0.2, -0.15) is 0 Å². The Kier molecular flexibility index (Phi) is 11.3. The Bertz CT molecular complexity index is 4700. The van der Waals surface area contributed by atoms with Crippen LogP contribution in [0.3, 0.4) is 0 Å². The summed E-state index contributed by atoms with van der Waals surface area (Å²) in [4.78, 5) is 0. The molecule has 0 atom stereocenters. The molecule has 84 heavy (non-hydrogen) atoms. The van der Waals surface area contributed by atoms with Gasteiger partial charge in [0.25, 0.3) is 0 Å². The third kappa shape index (κ3) is 8.00. The lowest BCUT2D eigenvalue weighted by molar-refractivity contribution is 0.659. The minimum absolute atomic E-state index is 0.152. The first kappa shape index (κ1) is 49.5. The third-order valence-corrected chi connectivity index (χ3v) is 18.5. The molecule has 0 saturated heterocycles. The SMILES string of the molecule is CC1(C)c2cc(/C=C/c3ccc(-c4ccc5c(c4)c4ccccc4n5-c4ccccc4)cc3)ccc2-c2ccc(-c3ccc4c(c3)C(C)(C)c3cc(/C=C/c5ccc(-c6ccc7c(c6)c6ccccc6n7-c6ccccc6)cc5)ccc3-4)cc21. The van der Waals surface area contributed by atoms with Gasteiger partial charge in [-0.15, -0.1) is 0 Å². The summed E-state index contributed by atoms with van der Waals surface area (Å²) in [7, 11) is 0. The van der Waals surface area contributed by atoms with Crippen molar-refractivity contribution in [1.29, 1.82) is 0 Å². The minimum atomic E-state index is -0.152. The van der Waals surface area contributed by atoms with E-state index >= 15 is 0 Å². The van der Waals surface area contributed by atoms with Crippen LogP contribution >= 0.6 is 0 Å². The van der Waals surface area contributed by atoms with Crippen molar-refractivity contribution in [3.63, 3.8) is 0 Å². The molecule has 0 saturated carbocycles. The van der Waals surface area contributed by atoms with Gasteiger partial charge in [-0.25, -0.2) is 0 Å². The highest BCUT2D eigenvalue weighted by Crippen LogP contribution is 2.53. The standard InChI is InChI=1S/C82H60N2/c1-81(2)73-47-55(25-23-53-27-33-57(34-28-53)59-39-45-79-71(49-59)69-19-11-13-21-77(69)83(79)63-15-7-5-8-16-63)31-41-65(73)67-43-37-61(51-75(67)81)62-38-44-68-66-42-32-56(48-74(66)82(3,4)76(68)52-62)26-24-54-29-35-58(36-30-54)60-40-46-80-72(50-60)70-20-12-14-22-78(70)84(80)64-17-9-6-10-18-64/h5-52H,1-4H3/b25-23+,26-24+. The molecule has 0 spiro atoms. The molecule has 0 aliphatic heterocycles. The van der Waals surface area contributed by atoms with Crippen LogP contribution in [0.25, 0.3) is 135 Å². The second kappa shape index (κ2) is 19.2. The highest BCUT2D eigenvalue weighted by molar-refractivity contribution is 6.12. The number of benzene rings is 12. The van der Waals surface area contributed by atoms with E-state index in [1.54, 1.807) is 0 Å². The molecule has 16 rings (SSSR count). The molecular weight excluding hydrogens is 1010 g/mol. The van der Waals surface area contributed by atoms with E-state index in [1.807, 2.05) is 0 Å². The Labute approximate surface area is 491 Å². The summed E-state index contributed by atoms with van der Waals surface area (Å²) < 4.78 is 4.74. The van der Waals surface area contributed by atoms with Gasteiger partial charge in [0.05, 0.1) is 22.1 Å². The van der Waals surface area contributed by atoms with Gasteiger partial charge >= 0.3 is 0 Å². The van der Waals surface area contributed by atoms with Crippen LogP contribution in [0.15, 0.2) is 267 Å². The van der Waals surface area contributed by atoms with Crippen molar-refractivity contribution in [2.75, 3.05) is 0 Å². The molecule has 0 radical (unpaired) electrons. The number of rotatable bonds is 9. The Morgan fingerprint density at radius 2 is 0.536 bits per heavy atom.